The smallest absolute Gasteiger partial charge is 0.246 e. The van der Waals surface area contributed by atoms with Gasteiger partial charge in [0.15, 0.2) is 0 Å². The second-order valence-electron chi connectivity index (χ2n) is 6.61. The standard InChI is InChI=1S/C17H19ClN4O2/c18-12-3-1-11(2-4-12)15-21-14(24-22-15)10-20-16(23)13-9-17(13)5-7-19-8-6-17/h1-4,13,19H,5-10H2,(H,20,23). The van der Waals surface area contributed by atoms with Crippen LogP contribution in [0.3, 0.4) is 0 Å². The van der Waals surface area contributed by atoms with Crippen LogP contribution in [-0.2, 0) is 11.3 Å². The molecule has 1 spiro atoms. The number of hydrogen-bond acceptors (Lipinski definition) is 5. The van der Waals surface area contributed by atoms with Crippen molar-refractivity contribution in [1.82, 2.24) is 20.8 Å². The molecule has 7 heteroatoms. The summed E-state index contributed by atoms with van der Waals surface area (Å²) in [5, 5.41) is 10.9. The number of carbonyl (C=O) groups excluding carboxylic acids is 1. The number of aromatic nitrogens is 2. The number of amides is 1. The van der Waals surface area contributed by atoms with E-state index in [1.54, 1.807) is 12.1 Å². The molecule has 2 aliphatic rings. The van der Waals surface area contributed by atoms with Crippen LogP contribution in [0.5, 0.6) is 0 Å². The first-order chi connectivity index (χ1) is 11.7. The van der Waals surface area contributed by atoms with E-state index in [0.717, 1.165) is 37.9 Å². The number of piperidine rings is 1. The molecule has 24 heavy (non-hydrogen) atoms. The third-order valence-corrected chi connectivity index (χ3v) is 5.34. The molecule has 2 N–H and O–H groups in total. The van der Waals surface area contributed by atoms with Crippen LogP contribution in [-0.4, -0.2) is 29.1 Å². The minimum atomic E-state index is 0.100. The van der Waals surface area contributed by atoms with Gasteiger partial charge in [-0.1, -0.05) is 16.8 Å². The van der Waals surface area contributed by atoms with Gasteiger partial charge in [0.25, 0.3) is 0 Å². The molecule has 1 unspecified atom stereocenters. The van der Waals surface area contributed by atoms with Gasteiger partial charge in [0.05, 0.1) is 6.54 Å². The molecular weight excluding hydrogens is 328 g/mol. The summed E-state index contributed by atoms with van der Waals surface area (Å²) in [6.07, 6.45) is 3.18. The zero-order chi connectivity index (χ0) is 16.6. The van der Waals surface area contributed by atoms with Crippen LogP contribution in [0.2, 0.25) is 5.02 Å². The number of nitrogens with one attached hydrogen (secondary N) is 2. The molecular formula is C17H19ClN4O2. The Morgan fingerprint density at radius 3 is 2.83 bits per heavy atom. The van der Waals surface area contributed by atoms with Gasteiger partial charge in [-0.3, -0.25) is 4.79 Å². The van der Waals surface area contributed by atoms with Gasteiger partial charge in [0, 0.05) is 16.5 Å². The molecule has 2 aromatic rings. The normalized spacial score (nSPS) is 21.6. The van der Waals surface area contributed by atoms with Crippen LogP contribution in [0.4, 0.5) is 0 Å². The first kappa shape index (κ1) is 15.6. The van der Waals surface area contributed by atoms with Crippen molar-refractivity contribution in [2.45, 2.75) is 25.8 Å². The first-order valence-corrected chi connectivity index (χ1v) is 8.61. The predicted molar refractivity (Wildman–Crippen MR) is 89.2 cm³/mol. The Labute approximate surface area is 145 Å². The average molecular weight is 347 g/mol. The molecule has 6 nitrogen and oxygen atoms in total. The summed E-state index contributed by atoms with van der Waals surface area (Å²) >= 11 is 5.87. The van der Waals surface area contributed by atoms with E-state index in [-0.39, 0.29) is 23.8 Å². The highest BCUT2D eigenvalue weighted by Crippen LogP contribution is 2.58. The number of benzene rings is 1. The number of nitrogens with zero attached hydrogens (tertiary/aromatic N) is 2. The van der Waals surface area contributed by atoms with E-state index in [2.05, 4.69) is 20.8 Å². The van der Waals surface area contributed by atoms with Crippen LogP contribution in [0, 0.1) is 11.3 Å². The quantitative estimate of drug-likeness (QED) is 0.888. The number of carbonyl (C=O) groups is 1. The van der Waals surface area contributed by atoms with Crippen molar-refractivity contribution in [3.8, 4) is 11.4 Å². The Kier molecular flexibility index (Phi) is 4.02. The lowest BCUT2D eigenvalue weighted by molar-refractivity contribution is -0.123. The Bertz CT molecular complexity index is 737. The Morgan fingerprint density at radius 1 is 1.33 bits per heavy atom. The highest BCUT2D eigenvalue weighted by atomic mass is 35.5. The van der Waals surface area contributed by atoms with Crippen LogP contribution >= 0.6 is 11.6 Å². The molecule has 126 valence electrons. The molecule has 2 fully saturated rings. The number of halogens is 1. The van der Waals surface area contributed by atoms with E-state index in [4.69, 9.17) is 16.1 Å². The van der Waals surface area contributed by atoms with E-state index in [1.807, 2.05) is 12.1 Å². The Morgan fingerprint density at radius 2 is 2.08 bits per heavy atom. The Balaban J connectivity index is 1.33. The zero-order valence-corrected chi connectivity index (χ0v) is 14.0. The highest BCUT2D eigenvalue weighted by molar-refractivity contribution is 6.30. The van der Waals surface area contributed by atoms with E-state index in [1.165, 1.54) is 0 Å². The lowest BCUT2D eigenvalue weighted by atomic mass is 9.92. The number of rotatable bonds is 4. The second-order valence-corrected chi connectivity index (χ2v) is 7.04. The van der Waals surface area contributed by atoms with Crippen molar-refractivity contribution < 1.29 is 9.32 Å². The maximum Gasteiger partial charge on any atom is 0.246 e. The molecule has 0 radical (unpaired) electrons. The van der Waals surface area contributed by atoms with E-state index >= 15 is 0 Å². The maximum absolute atomic E-state index is 12.3. The minimum Gasteiger partial charge on any atom is -0.347 e. The molecule has 1 saturated heterocycles. The van der Waals surface area contributed by atoms with Crippen LogP contribution in [0.1, 0.15) is 25.2 Å². The van der Waals surface area contributed by atoms with Gasteiger partial charge < -0.3 is 15.2 Å². The molecule has 4 rings (SSSR count). The van der Waals surface area contributed by atoms with Crippen molar-refractivity contribution in [2.24, 2.45) is 11.3 Å². The first-order valence-electron chi connectivity index (χ1n) is 8.23. The number of hydrogen-bond donors (Lipinski definition) is 2. The van der Waals surface area contributed by atoms with Gasteiger partial charge in [-0.05, 0) is 62.0 Å². The fraction of sp³-hybridized carbons (Fsp3) is 0.471. The van der Waals surface area contributed by atoms with Gasteiger partial charge in [-0.15, -0.1) is 0 Å². The molecule has 1 amide bonds. The third kappa shape index (κ3) is 3.03. The molecule has 0 bridgehead atoms. The molecule has 2 heterocycles. The monoisotopic (exact) mass is 346 g/mol. The second kappa shape index (κ2) is 6.18. The SMILES string of the molecule is O=C(NCc1nc(-c2ccc(Cl)cc2)no1)C1CC12CCNCC2. The van der Waals surface area contributed by atoms with Crippen molar-refractivity contribution in [3.63, 3.8) is 0 Å². The summed E-state index contributed by atoms with van der Waals surface area (Å²) in [7, 11) is 0. The lowest BCUT2D eigenvalue weighted by Gasteiger charge is -2.23. The van der Waals surface area contributed by atoms with Gasteiger partial charge in [-0.25, -0.2) is 0 Å². The summed E-state index contributed by atoms with van der Waals surface area (Å²) in [6, 6.07) is 7.22. The van der Waals surface area contributed by atoms with E-state index in [9.17, 15) is 4.79 Å². The average Bonchev–Trinajstić information content (AvgIpc) is 3.07. The van der Waals surface area contributed by atoms with Crippen molar-refractivity contribution >= 4 is 17.5 Å². The molecule has 1 aromatic carbocycles. The molecule has 1 saturated carbocycles. The summed E-state index contributed by atoms with van der Waals surface area (Å²) in [5.41, 5.74) is 1.06. The lowest BCUT2D eigenvalue weighted by Crippen LogP contribution is -2.33. The van der Waals surface area contributed by atoms with Crippen LogP contribution in [0.25, 0.3) is 11.4 Å². The van der Waals surface area contributed by atoms with E-state index in [0.29, 0.717) is 16.7 Å². The molecule has 1 atom stereocenters. The van der Waals surface area contributed by atoms with Gasteiger partial charge in [0.2, 0.25) is 17.6 Å². The van der Waals surface area contributed by atoms with Gasteiger partial charge in [0.1, 0.15) is 0 Å². The topological polar surface area (TPSA) is 80.1 Å². The van der Waals surface area contributed by atoms with Gasteiger partial charge >= 0.3 is 0 Å². The van der Waals surface area contributed by atoms with Crippen LogP contribution < -0.4 is 10.6 Å². The Hall–Kier alpha value is -1.92. The molecule has 1 aliphatic carbocycles. The predicted octanol–water partition coefficient (Wildman–Crippen LogP) is 2.40. The van der Waals surface area contributed by atoms with Crippen molar-refractivity contribution in [2.75, 3.05) is 13.1 Å². The molecule has 1 aromatic heterocycles. The van der Waals surface area contributed by atoms with E-state index < -0.39 is 0 Å². The summed E-state index contributed by atoms with van der Waals surface area (Å²) in [4.78, 5) is 16.7. The summed E-state index contributed by atoms with van der Waals surface area (Å²) < 4.78 is 5.22. The van der Waals surface area contributed by atoms with Crippen molar-refractivity contribution in [1.29, 1.82) is 0 Å². The molecule has 1 aliphatic heterocycles. The van der Waals surface area contributed by atoms with Gasteiger partial charge in [-0.2, -0.15) is 4.98 Å². The largest absolute Gasteiger partial charge is 0.347 e. The fourth-order valence-electron chi connectivity index (χ4n) is 3.52. The van der Waals surface area contributed by atoms with Crippen LogP contribution in [0.15, 0.2) is 28.8 Å². The minimum absolute atomic E-state index is 0.100. The summed E-state index contributed by atoms with van der Waals surface area (Å²) in [5.74, 6) is 1.15. The maximum atomic E-state index is 12.3. The highest BCUT2D eigenvalue weighted by Gasteiger charge is 2.57. The fourth-order valence-corrected chi connectivity index (χ4v) is 3.65. The van der Waals surface area contributed by atoms with Crippen molar-refractivity contribution in [3.05, 3.63) is 35.2 Å². The third-order valence-electron chi connectivity index (χ3n) is 5.09. The summed E-state index contributed by atoms with van der Waals surface area (Å²) in [6.45, 7) is 2.29. The zero-order valence-electron chi connectivity index (χ0n) is 13.2.